The zero-order chi connectivity index (χ0) is 12.3. The Hall–Kier alpha value is -1.36. The van der Waals surface area contributed by atoms with Crippen molar-refractivity contribution >= 4 is 5.91 Å². The van der Waals surface area contributed by atoms with Crippen molar-refractivity contribution in [2.45, 2.75) is 19.8 Å². The molecular weight excluding hydrogens is 218 g/mol. The average molecular weight is 237 g/mol. The number of carbonyl (C=O) groups excluding carboxylic acids is 1. The van der Waals surface area contributed by atoms with Gasteiger partial charge in [0.15, 0.2) is 0 Å². The molecule has 1 aromatic rings. The van der Waals surface area contributed by atoms with Crippen LogP contribution in [0.15, 0.2) is 6.07 Å². The normalized spacial score (nSPS) is 19.5. The molecule has 1 aromatic heterocycles. The second-order valence-corrected chi connectivity index (χ2v) is 4.50. The van der Waals surface area contributed by atoms with E-state index in [1.54, 1.807) is 0 Å². The lowest BCUT2D eigenvalue weighted by atomic mass is 10.1. The number of hydrogen-bond donors (Lipinski definition) is 1. The molecule has 0 bridgehead atoms. The van der Waals surface area contributed by atoms with Gasteiger partial charge in [-0.15, -0.1) is 0 Å². The van der Waals surface area contributed by atoms with E-state index in [1.807, 2.05) is 24.7 Å². The molecule has 1 amide bonds. The Morgan fingerprint density at radius 1 is 1.71 bits per heavy atom. The highest BCUT2D eigenvalue weighted by molar-refractivity contribution is 5.78. The standard InChI is InChI=1S/C12H19N3O2/c1-9-7-11(14-15(9)2)3-5-13-12(16)10-4-6-17-8-10/h7,10H,3-6,8H2,1-2H3,(H,13,16)/t10-/m1/s1. The number of hydrogen-bond acceptors (Lipinski definition) is 3. The number of carbonyl (C=O) groups is 1. The third-order valence-corrected chi connectivity index (χ3v) is 3.15. The van der Waals surface area contributed by atoms with Gasteiger partial charge in [0.25, 0.3) is 0 Å². The van der Waals surface area contributed by atoms with Crippen LogP contribution in [0.1, 0.15) is 17.8 Å². The van der Waals surface area contributed by atoms with Gasteiger partial charge in [-0.25, -0.2) is 0 Å². The predicted molar refractivity (Wildman–Crippen MR) is 63.6 cm³/mol. The quantitative estimate of drug-likeness (QED) is 0.826. The van der Waals surface area contributed by atoms with E-state index in [-0.39, 0.29) is 11.8 Å². The topological polar surface area (TPSA) is 56.1 Å². The fraction of sp³-hybridized carbons (Fsp3) is 0.667. The largest absolute Gasteiger partial charge is 0.381 e. The highest BCUT2D eigenvalue weighted by atomic mass is 16.5. The Kier molecular flexibility index (Phi) is 3.78. The molecule has 0 aromatic carbocycles. The van der Waals surface area contributed by atoms with Crippen molar-refractivity contribution in [1.82, 2.24) is 15.1 Å². The van der Waals surface area contributed by atoms with Gasteiger partial charge < -0.3 is 10.1 Å². The summed E-state index contributed by atoms with van der Waals surface area (Å²) in [5, 5.41) is 7.28. The third kappa shape index (κ3) is 3.06. The monoisotopic (exact) mass is 237 g/mol. The molecule has 1 atom stereocenters. The Bertz CT molecular complexity index is 375. The van der Waals surface area contributed by atoms with Gasteiger partial charge in [0.05, 0.1) is 18.2 Å². The van der Waals surface area contributed by atoms with E-state index in [0.29, 0.717) is 19.8 Å². The van der Waals surface area contributed by atoms with E-state index in [1.165, 1.54) is 0 Å². The van der Waals surface area contributed by atoms with E-state index < -0.39 is 0 Å². The maximum atomic E-state index is 11.7. The molecule has 0 saturated carbocycles. The first-order valence-electron chi connectivity index (χ1n) is 6.02. The van der Waals surface area contributed by atoms with Gasteiger partial charge in [0.1, 0.15) is 0 Å². The van der Waals surface area contributed by atoms with Crippen LogP contribution in [0.4, 0.5) is 0 Å². The van der Waals surface area contributed by atoms with Crippen molar-refractivity contribution in [2.75, 3.05) is 19.8 Å². The maximum absolute atomic E-state index is 11.7. The van der Waals surface area contributed by atoms with E-state index >= 15 is 0 Å². The molecule has 1 N–H and O–H groups in total. The lowest BCUT2D eigenvalue weighted by molar-refractivity contribution is -0.124. The van der Waals surface area contributed by atoms with Gasteiger partial charge in [-0.05, 0) is 19.4 Å². The number of rotatable bonds is 4. The average Bonchev–Trinajstić information content (AvgIpc) is 2.90. The van der Waals surface area contributed by atoms with Crippen LogP contribution in [0.3, 0.4) is 0 Å². The van der Waals surface area contributed by atoms with Gasteiger partial charge in [-0.1, -0.05) is 0 Å². The minimum absolute atomic E-state index is 0.0421. The van der Waals surface area contributed by atoms with Crippen molar-refractivity contribution in [3.05, 3.63) is 17.5 Å². The van der Waals surface area contributed by atoms with Crippen LogP contribution in [0, 0.1) is 12.8 Å². The summed E-state index contributed by atoms with van der Waals surface area (Å²) in [7, 11) is 1.92. The molecule has 0 radical (unpaired) electrons. The molecule has 5 heteroatoms. The first kappa shape index (κ1) is 12.1. The molecular formula is C12H19N3O2. The fourth-order valence-electron chi connectivity index (χ4n) is 1.96. The first-order chi connectivity index (χ1) is 8.16. The second kappa shape index (κ2) is 5.31. The smallest absolute Gasteiger partial charge is 0.225 e. The summed E-state index contributed by atoms with van der Waals surface area (Å²) in [6.07, 6.45) is 1.62. The van der Waals surface area contributed by atoms with Crippen molar-refractivity contribution < 1.29 is 9.53 Å². The van der Waals surface area contributed by atoms with Gasteiger partial charge in [-0.2, -0.15) is 5.10 Å². The number of nitrogens with one attached hydrogen (secondary N) is 1. The van der Waals surface area contributed by atoms with Crippen LogP contribution in [0.5, 0.6) is 0 Å². The molecule has 17 heavy (non-hydrogen) atoms. The summed E-state index contributed by atoms with van der Waals surface area (Å²) in [5.41, 5.74) is 2.16. The van der Waals surface area contributed by atoms with Gasteiger partial charge in [-0.3, -0.25) is 9.48 Å². The van der Waals surface area contributed by atoms with Gasteiger partial charge in [0, 0.05) is 32.3 Å². The van der Waals surface area contributed by atoms with E-state index in [9.17, 15) is 4.79 Å². The van der Waals surface area contributed by atoms with Crippen molar-refractivity contribution in [1.29, 1.82) is 0 Å². The van der Waals surface area contributed by atoms with Crippen molar-refractivity contribution in [3.63, 3.8) is 0 Å². The molecule has 94 valence electrons. The molecule has 5 nitrogen and oxygen atoms in total. The van der Waals surface area contributed by atoms with Crippen LogP contribution in [-0.4, -0.2) is 35.4 Å². The molecule has 1 fully saturated rings. The van der Waals surface area contributed by atoms with Crippen molar-refractivity contribution in [3.8, 4) is 0 Å². The molecule has 2 heterocycles. The first-order valence-corrected chi connectivity index (χ1v) is 6.02. The highest BCUT2D eigenvalue weighted by Gasteiger charge is 2.22. The van der Waals surface area contributed by atoms with Crippen LogP contribution in [0.2, 0.25) is 0 Å². The number of ether oxygens (including phenoxy) is 1. The minimum Gasteiger partial charge on any atom is -0.381 e. The number of amides is 1. The Morgan fingerprint density at radius 2 is 2.53 bits per heavy atom. The second-order valence-electron chi connectivity index (χ2n) is 4.50. The van der Waals surface area contributed by atoms with Gasteiger partial charge >= 0.3 is 0 Å². The highest BCUT2D eigenvalue weighted by Crippen LogP contribution is 2.11. The molecule has 0 aliphatic carbocycles. The Labute approximate surface area is 101 Å². The molecule has 0 unspecified atom stereocenters. The third-order valence-electron chi connectivity index (χ3n) is 3.15. The predicted octanol–water partition coefficient (Wildman–Crippen LogP) is 0.424. The van der Waals surface area contributed by atoms with E-state index in [2.05, 4.69) is 10.4 Å². The Balaban J connectivity index is 1.73. The number of aryl methyl sites for hydroxylation is 2. The Morgan fingerprint density at radius 3 is 3.12 bits per heavy atom. The zero-order valence-corrected chi connectivity index (χ0v) is 10.4. The fourth-order valence-corrected chi connectivity index (χ4v) is 1.96. The van der Waals surface area contributed by atoms with Crippen molar-refractivity contribution in [2.24, 2.45) is 13.0 Å². The van der Waals surface area contributed by atoms with E-state index in [0.717, 1.165) is 24.2 Å². The van der Waals surface area contributed by atoms with Gasteiger partial charge in [0.2, 0.25) is 5.91 Å². The molecule has 1 aliphatic heterocycles. The SMILES string of the molecule is Cc1cc(CCNC(=O)[C@@H]2CCOC2)nn1C. The summed E-state index contributed by atoms with van der Waals surface area (Å²) in [5.74, 6) is 0.149. The number of nitrogens with zero attached hydrogens (tertiary/aromatic N) is 2. The summed E-state index contributed by atoms with van der Waals surface area (Å²) in [6.45, 7) is 3.93. The maximum Gasteiger partial charge on any atom is 0.225 e. The van der Waals surface area contributed by atoms with Crippen LogP contribution in [-0.2, 0) is 23.0 Å². The summed E-state index contributed by atoms with van der Waals surface area (Å²) >= 11 is 0. The van der Waals surface area contributed by atoms with Crippen LogP contribution >= 0.6 is 0 Å². The summed E-state index contributed by atoms with van der Waals surface area (Å²) < 4.78 is 7.03. The molecule has 0 spiro atoms. The lowest BCUT2D eigenvalue weighted by Crippen LogP contribution is -2.32. The molecule has 2 rings (SSSR count). The zero-order valence-electron chi connectivity index (χ0n) is 10.4. The van der Waals surface area contributed by atoms with Crippen LogP contribution < -0.4 is 5.32 Å². The minimum atomic E-state index is 0.0421. The van der Waals surface area contributed by atoms with Crippen LogP contribution in [0.25, 0.3) is 0 Å². The van der Waals surface area contributed by atoms with E-state index in [4.69, 9.17) is 4.74 Å². The number of aromatic nitrogens is 2. The molecule has 1 saturated heterocycles. The molecule has 1 aliphatic rings. The summed E-state index contributed by atoms with van der Waals surface area (Å²) in [4.78, 5) is 11.7. The summed E-state index contributed by atoms with van der Waals surface area (Å²) in [6, 6.07) is 2.05. The lowest BCUT2D eigenvalue weighted by Gasteiger charge is -2.08.